The Morgan fingerprint density at radius 1 is 0.674 bits per heavy atom. The Hall–Kier alpha value is -4.02. The topological polar surface area (TPSA) is 62.2 Å². The highest BCUT2D eigenvalue weighted by molar-refractivity contribution is 5.82. The fraction of sp³-hybridized carbons (Fsp3) is 0.324. The molecule has 4 aromatic carbocycles. The zero-order valence-electron chi connectivity index (χ0n) is 25.9. The van der Waals surface area contributed by atoms with Gasteiger partial charge in [0.1, 0.15) is 12.2 Å². The number of carbonyl (C=O) groups excluding carboxylic acids is 1. The number of alkyl halides is 3. The summed E-state index contributed by atoms with van der Waals surface area (Å²) in [5.74, 6) is -3.18. The van der Waals surface area contributed by atoms with Gasteiger partial charge in [-0.2, -0.15) is 18.2 Å². The Morgan fingerprint density at radius 2 is 1.04 bits per heavy atom. The lowest BCUT2D eigenvalue weighted by Gasteiger charge is -2.40. The van der Waals surface area contributed by atoms with Crippen molar-refractivity contribution < 1.29 is 32.6 Å². The zero-order valence-corrected chi connectivity index (χ0v) is 25.9. The fourth-order valence-corrected chi connectivity index (χ4v) is 6.09. The first-order chi connectivity index (χ1) is 22.0. The highest BCUT2D eigenvalue weighted by Gasteiger charge is 2.54. The van der Waals surface area contributed by atoms with Crippen LogP contribution in [-0.2, 0) is 40.2 Å². The van der Waals surface area contributed by atoms with Crippen LogP contribution in [0.3, 0.4) is 0 Å². The summed E-state index contributed by atoms with van der Waals surface area (Å²) in [7, 11) is 0. The maximum atomic E-state index is 14.3. The molecule has 4 atom stereocenters. The van der Waals surface area contributed by atoms with Gasteiger partial charge in [0.25, 0.3) is 0 Å². The van der Waals surface area contributed by atoms with Crippen molar-refractivity contribution in [1.29, 1.82) is 0 Å². The van der Waals surface area contributed by atoms with Crippen LogP contribution in [0.2, 0.25) is 0 Å². The average Bonchev–Trinajstić information content (AvgIpc) is 3.37. The molecule has 0 unspecified atom stereocenters. The van der Waals surface area contributed by atoms with Crippen LogP contribution in [0.5, 0.6) is 0 Å². The van der Waals surface area contributed by atoms with Crippen molar-refractivity contribution in [2.75, 3.05) is 0 Å². The van der Waals surface area contributed by atoms with Crippen molar-refractivity contribution in [1.82, 2.24) is 9.96 Å². The molecule has 6 nitrogen and oxygen atoms in total. The molecule has 0 spiro atoms. The second kappa shape index (κ2) is 14.6. The Bertz CT molecular complexity index is 1520. The second-order valence-electron chi connectivity index (χ2n) is 12.1. The normalized spacial score (nSPS) is 19.1. The lowest BCUT2D eigenvalue weighted by molar-refractivity contribution is -0.193. The predicted molar refractivity (Wildman–Crippen MR) is 169 cm³/mol. The number of carbonyl (C=O) groups is 1. The first kappa shape index (κ1) is 33.3. The molecule has 1 amide bonds. The molecule has 1 heterocycles. The molecule has 0 saturated carbocycles. The van der Waals surface area contributed by atoms with E-state index in [2.05, 4.69) is 0 Å². The third-order valence-electron chi connectivity index (χ3n) is 8.17. The van der Waals surface area contributed by atoms with Crippen LogP contribution < -0.4 is 0 Å². The number of nitrogens with zero attached hydrogens (tertiary/aromatic N) is 2. The van der Waals surface area contributed by atoms with Gasteiger partial charge >= 0.3 is 12.1 Å². The van der Waals surface area contributed by atoms with Crippen molar-refractivity contribution >= 4 is 5.91 Å². The molecule has 4 aromatic rings. The summed E-state index contributed by atoms with van der Waals surface area (Å²) < 4.78 is 56.0. The zero-order chi connectivity index (χ0) is 32.7. The Labute approximate surface area is 267 Å². The van der Waals surface area contributed by atoms with Gasteiger partial charge in [-0.05, 0) is 48.9 Å². The molecule has 1 fully saturated rings. The Balaban J connectivity index is 1.60. The van der Waals surface area contributed by atoms with E-state index in [4.69, 9.17) is 9.47 Å². The minimum absolute atomic E-state index is 0.0677. The maximum Gasteiger partial charge on any atom is 0.471 e. The molecule has 0 bridgehead atoms. The molecule has 0 aromatic heterocycles. The third kappa shape index (κ3) is 8.61. The van der Waals surface area contributed by atoms with E-state index in [9.17, 15) is 23.2 Å². The van der Waals surface area contributed by atoms with Gasteiger partial charge in [0.15, 0.2) is 5.79 Å². The van der Waals surface area contributed by atoms with E-state index in [1.165, 1.54) is 5.06 Å². The SMILES string of the molecule is CC1(C)O[C@@H]([C@@H](Cc2ccccc2)N(O)Cc2ccccc2)[C@H]([C@@H](Cc2ccccc2)N(Cc2ccccc2)C(=O)C(F)(F)F)O1. The molecule has 1 aliphatic rings. The number of rotatable bonds is 12. The molecule has 9 heteroatoms. The number of hydrogen-bond acceptors (Lipinski definition) is 5. The summed E-state index contributed by atoms with van der Waals surface area (Å²) in [6, 6.07) is 34.7. The fourth-order valence-electron chi connectivity index (χ4n) is 6.09. The van der Waals surface area contributed by atoms with Crippen molar-refractivity contribution in [2.24, 2.45) is 0 Å². The highest BCUT2D eigenvalue weighted by Crippen LogP contribution is 2.38. The first-order valence-corrected chi connectivity index (χ1v) is 15.3. The minimum Gasteiger partial charge on any atom is -0.343 e. The standard InChI is InChI=1S/C37H39F3N2O4/c1-36(2)45-33(34(46-36)32(24-28-17-9-4-10-18-28)42(44)26-30-21-13-6-14-22-30)31(23-27-15-7-3-8-16-27)41(35(43)37(38,39)40)25-29-19-11-5-12-20-29/h3-22,31-34,44H,23-26H2,1-2H3/t31-,32-,33+,34+/m1/s1. The van der Waals surface area contributed by atoms with Crippen LogP contribution in [0.25, 0.3) is 0 Å². The van der Waals surface area contributed by atoms with Gasteiger partial charge in [0.2, 0.25) is 0 Å². The smallest absolute Gasteiger partial charge is 0.343 e. The van der Waals surface area contributed by atoms with Crippen LogP contribution >= 0.6 is 0 Å². The van der Waals surface area contributed by atoms with Crippen molar-refractivity contribution in [3.8, 4) is 0 Å². The van der Waals surface area contributed by atoms with E-state index in [0.29, 0.717) is 12.0 Å². The molecule has 1 N–H and O–H groups in total. The average molecular weight is 633 g/mol. The van der Waals surface area contributed by atoms with Crippen molar-refractivity contribution in [3.63, 3.8) is 0 Å². The van der Waals surface area contributed by atoms with E-state index < -0.39 is 42.2 Å². The first-order valence-electron chi connectivity index (χ1n) is 15.3. The highest BCUT2D eigenvalue weighted by atomic mass is 19.4. The Kier molecular flexibility index (Phi) is 10.6. The molecule has 0 aliphatic carbocycles. The van der Waals surface area contributed by atoms with Gasteiger partial charge in [-0.25, -0.2) is 0 Å². The predicted octanol–water partition coefficient (Wildman–Crippen LogP) is 7.21. The molecular formula is C37H39F3N2O4. The van der Waals surface area contributed by atoms with E-state index in [0.717, 1.165) is 21.6 Å². The summed E-state index contributed by atoms with van der Waals surface area (Å²) in [5.41, 5.74) is 3.02. The largest absolute Gasteiger partial charge is 0.471 e. The van der Waals surface area contributed by atoms with Gasteiger partial charge in [0.05, 0.1) is 12.1 Å². The van der Waals surface area contributed by atoms with Crippen molar-refractivity contribution in [3.05, 3.63) is 144 Å². The van der Waals surface area contributed by atoms with Crippen LogP contribution in [0.4, 0.5) is 13.2 Å². The van der Waals surface area contributed by atoms with E-state index in [1.54, 1.807) is 56.3 Å². The summed E-state index contributed by atoms with van der Waals surface area (Å²) >= 11 is 0. The molecule has 1 saturated heterocycles. The summed E-state index contributed by atoms with van der Waals surface area (Å²) in [6.45, 7) is 3.25. The molecule has 46 heavy (non-hydrogen) atoms. The minimum atomic E-state index is -5.13. The number of benzene rings is 4. The number of hydroxylamine groups is 2. The maximum absolute atomic E-state index is 14.3. The molecular weight excluding hydrogens is 593 g/mol. The molecule has 1 aliphatic heterocycles. The van der Waals surface area contributed by atoms with Gasteiger partial charge in [0, 0.05) is 13.1 Å². The molecule has 242 valence electrons. The van der Waals surface area contributed by atoms with E-state index >= 15 is 0 Å². The lowest BCUT2D eigenvalue weighted by atomic mass is 9.89. The second-order valence-corrected chi connectivity index (χ2v) is 12.1. The molecule has 5 rings (SSSR count). The lowest BCUT2D eigenvalue weighted by Crippen LogP contribution is -2.58. The quantitative estimate of drug-likeness (QED) is 0.167. The van der Waals surface area contributed by atoms with Gasteiger partial charge < -0.3 is 19.6 Å². The van der Waals surface area contributed by atoms with E-state index in [1.807, 2.05) is 78.9 Å². The number of amides is 1. The summed E-state index contributed by atoms with van der Waals surface area (Å²) in [5, 5.41) is 12.9. The van der Waals surface area contributed by atoms with Crippen LogP contribution in [0.1, 0.15) is 36.1 Å². The monoisotopic (exact) mass is 632 g/mol. The van der Waals surface area contributed by atoms with Gasteiger partial charge in [-0.15, -0.1) is 0 Å². The van der Waals surface area contributed by atoms with Gasteiger partial charge in [-0.1, -0.05) is 121 Å². The summed E-state index contributed by atoms with van der Waals surface area (Å²) in [6.07, 6.45) is -6.71. The van der Waals surface area contributed by atoms with Crippen LogP contribution in [0.15, 0.2) is 121 Å². The van der Waals surface area contributed by atoms with Crippen LogP contribution in [0, 0.1) is 0 Å². The molecule has 0 radical (unpaired) electrons. The number of ether oxygens (including phenoxy) is 2. The van der Waals surface area contributed by atoms with Gasteiger partial charge in [-0.3, -0.25) is 4.79 Å². The van der Waals surface area contributed by atoms with Crippen LogP contribution in [-0.4, -0.2) is 57.3 Å². The number of halogens is 3. The Morgan fingerprint density at radius 3 is 1.48 bits per heavy atom. The third-order valence-corrected chi connectivity index (χ3v) is 8.17. The van der Waals surface area contributed by atoms with E-state index in [-0.39, 0.29) is 19.5 Å². The number of hydrogen-bond donors (Lipinski definition) is 1. The van der Waals surface area contributed by atoms with Crippen molar-refractivity contribution in [2.45, 2.75) is 76.0 Å². The summed E-state index contributed by atoms with van der Waals surface area (Å²) in [4.78, 5) is 14.2.